The number of nitrogens with zero attached hydrogens (tertiary/aromatic N) is 1. The molecule has 0 saturated carbocycles. The Morgan fingerprint density at radius 2 is 1.75 bits per heavy atom. The van der Waals surface area contributed by atoms with Crippen LogP contribution in [0, 0.1) is 5.82 Å². The number of alkyl halides is 3. The SMILES string of the molecule is CC(C)(N)COCOC(=O)n1cc(NC(=O)Nc2ccc(SC(F)(F)F)cc2)c2cc(F)ccc21.Cl. The summed E-state index contributed by atoms with van der Waals surface area (Å²) in [5, 5.41) is 5.18. The Kier molecular flexibility index (Phi) is 9.60. The molecular formula is C22H23ClF4N4O4S. The number of carbonyl (C=O) groups is 2. The van der Waals surface area contributed by atoms with Crippen molar-refractivity contribution in [1.29, 1.82) is 0 Å². The van der Waals surface area contributed by atoms with Crippen LogP contribution in [0.15, 0.2) is 53.6 Å². The second-order valence-electron chi connectivity index (χ2n) is 8.09. The van der Waals surface area contributed by atoms with E-state index in [-0.39, 0.29) is 64.7 Å². The highest BCUT2D eigenvalue weighted by Gasteiger charge is 2.29. The lowest BCUT2D eigenvalue weighted by molar-refractivity contribution is -0.0328. The lowest BCUT2D eigenvalue weighted by atomic mass is 10.1. The molecule has 196 valence electrons. The zero-order chi connectivity index (χ0) is 25.8. The summed E-state index contributed by atoms with van der Waals surface area (Å²) in [6, 6.07) is 7.88. The van der Waals surface area contributed by atoms with Gasteiger partial charge in [0.2, 0.25) is 0 Å². The Balaban J connectivity index is 0.00000456. The number of thioether (sulfide) groups is 1. The lowest BCUT2D eigenvalue weighted by Gasteiger charge is -2.18. The third-order valence-electron chi connectivity index (χ3n) is 4.30. The van der Waals surface area contributed by atoms with E-state index < -0.39 is 29.0 Å². The maximum Gasteiger partial charge on any atom is 0.446 e. The molecule has 14 heteroatoms. The van der Waals surface area contributed by atoms with Gasteiger partial charge in [0.05, 0.1) is 17.8 Å². The summed E-state index contributed by atoms with van der Waals surface area (Å²) in [4.78, 5) is 24.9. The maximum absolute atomic E-state index is 13.9. The van der Waals surface area contributed by atoms with Gasteiger partial charge in [0.25, 0.3) is 0 Å². The van der Waals surface area contributed by atoms with Crippen LogP contribution in [0.25, 0.3) is 10.9 Å². The van der Waals surface area contributed by atoms with E-state index in [1.807, 2.05) is 0 Å². The van der Waals surface area contributed by atoms with E-state index in [1.54, 1.807) is 13.8 Å². The second-order valence-corrected chi connectivity index (χ2v) is 9.23. The first-order chi connectivity index (χ1) is 16.3. The van der Waals surface area contributed by atoms with Crippen LogP contribution >= 0.6 is 24.2 Å². The number of urea groups is 1. The van der Waals surface area contributed by atoms with Gasteiger partial charge in [-0.05, 0) is 68.1 Å². The number of hydrogen-bond acceptors (Lipinski definition) is 6. The van der Waals surface area contributed by atoms with Gasteiger partial charge >= 0.3 is 17.6 Å². The van der Waals surface area contributed by atoms with Crippen LogP contribution < -0.4 is 16.4 Å². The third-order valence-corrected chi connectivity index (χ3v) is 5.04. The monoisotopic (exact) mass is 550 g/mol. The van der Waals surface area contributed by atoms with Crippen molar-refractivity contribution in [3.8, 4) is 0 Å². The van der Waals surface area contributed by atoms with Crippen LogP contribution in [-0.4, -0.2) is 41.1 Å². The molecule has 0 bridgehead atoms. The van der Waals surface area contributed by atoms with Gasteiger partial charge in [0.1, 0.15) is 5.82 Å². The predicted molar refractivity (Wildman–Crippen MR) is 131 cm³/mol. The Morgan fingerprint density at radius 1 is 1.08 bits per heavy atom. The number of halogens is 5. The number of hydrogen-bond donors (Lipinski definition) is 3. The molecule has 0 spiro atoms. The zero-order valence-electron chi connectivity index (χ0n) is 19.0. The van der Waals surface area contributed by atoms with Crippen molar-refractivity contribution in [3.05, 3.63) is 54.5 Å². The standard InChI is InChI=1S/C22H22F4N4O4S.ClH/c1-21(2,27)11-33-12-34-20(32)30-10-17(16-9-13(23)3-8-18(16)30)29-19(31)28-14-4-6-15(7-5-14)35-22(24,25)26;/h3-10H,11-12,27H2,1-2H3,(H2,28,29,31);1H. The summed E-state index contributed by atoms with van der Waals surface area (Å²) in [5.74, 6) is -0.599. The fourth-order valence-corrected chi connectivity index (χ4v) is 3.48. The maximum atomic E-state index is 13.9. The van der Waals surface area contributed by atoms with Gasteiger partial charge in [0, 0.05) is 27.7 Å². The van der Waals surface area contributed by atoms with Crippen LogP contribution in [-0.2, 0) is 9.47 Å². The molecule has 36 heavy (non-hydrogen) atoms. The second kappa shape index (κ2) is 11.8. The summed E-state index contributed by atoms with van der Waals surface area (Å²) in [6.45, 7) is 3.25. The summed E-state index contributed by atoms with van der Waals surface area (Å²) < 4.78 is 62.6. The van der Waals surface area contributed by atoms with E-state index in [2.05, 4.69) is 10.6 Å². The number of aromatic nitrogens is 1. The van der Waals surface area contributed by atoms with Crippen molar-refractivity contribution in [2.45, 2.75) is 29.8 Å². The molecule has 2 amide bonds. The minimum atomic E-state index is -4.43. The molecule has 0 unspecified atom stereocenters. The fourth-order valence-electron chi connectivity index (χ4n) is 2.94. The molecule has 0 fully saturated rings. The molecule has 0 aliphatic carbocycles. The molecule has 0 aliphatic heterocycles. The fraction of sp³-hybridized carbons (Fsp3) is 0.273. The first-order valence-corrected chi connectivity index (χ1v) is 10.9. The van der Waals surface area contributed by atoms with Crippen LogP contribution in [0.1, 0.15) is 13.8 Å². The summed E-state index contributed by atoms with van der Waals surface area (Å²) in [7, 11) is 0. The van der Waals surface area contributed by atoms with E-state index >= 15 is 0 Å². The van der Waals surface area contributed by atoms with E-state index in [0.717, 1.165) is 16.7 Å². The molecule has 1 heterocycles. The number of benzene rings is 2. The first-order valence-electron chi connectivity index (χ1n) is 10.1. The Bertz CT molecular complexity index is 1210. The van der Waals surface area contributed by atoms with Gasteiger partial charge in [-0.15, -0.1) is 12.4 Å². The number of carbonyl (C=O) groups excluding carboxylic acids is 2. The molecule has 1 aromatic heterocycles. The number of anilines is 2. The molecular weight excluding hydrogens is 528 g/mol. The van der Waals surface area contributed by atoms with Crippen LogP contribution in [0.3, 0.4) is 0 Å². The van der Waals surface area contributed by atoms with Gasteiger partial charge in [-0.1, -0.05) is 0 Å². The van der Waals surface area contributed by atoms with E-state index in [0.29, 0.717) is 0 Å². The van der Waals surface area contributed by atoms with E-state index in [1.165, 1.54) is 36.5 Å². The highest BCUT2D eigenvalue weighted by molar-refractivity contribution is 8.00. The van der Waals surface area contributed by atoms with E-state index in [4.69, 9.17) is 15.2 Å². The van der Waals surface area contributed by atoms with Crippen molar-refractivity contribution >= 4 is 58.6 Å². The number of fused-ring (bicyclic) bond motifs is 1. The third kappa shape index (κ3) is 8.59. The highest BCUT2D eigenvalue weighted by atomic mass is 35.5. The van der Waals surface area contributed by atoms with E-state index in [9.17, 15) is 27.2 Å². The first kappa shape index (κ1) is 29.2. The smallest absolute Gasteiger partial charge is 0.422 e. The van der Waals surface area contributed by atoms with Crippen LogP contribution in [0.5, 0.6) is 0 Å². The summed E-state index contributed by atoms with van der Waals surface area (Å²) in [5.41, 5.74) is 1.33. The topological polar surface area (TPSA) is 108 Å². The quantitative estimate of drug-likeness (QED) is 0.141. The molecule has 0 radical (unpaired) electrons. The Morgan fingerprint density at radius 3 is 2.36 bits per heavy atom. The molecule has 3 rings (SSSR count). The van der Waals surface area contributed by atoms with Gasteiger partial charge in [0.15, 0.2) is 6.79 Å². The molecule has 8 nitrogen and oxygen atoms in total. The molecule has 3 aromatic rings. The summed E-state index contributed by atoms with van der Waals surface area (Å²) in [6.07, 6.45) is 0.421. The Labute approximate surface area is 213 Å². The summed E-state index contributed by atoms with van der Waals surface area (Å²) >= 11 is -0.278. The van der Waals surface area contributed by atoms with Gasteiger partial charge < -0.3 is 25.8 Å². The zero-order valence-corrected chi connectivity index (χ0v) is 20.7. The van der Waals surface area contributed by atoms with Gasteiger partial charge in [-0.3, -0.25) is 4.57 Å². The van der Waals surface area contributed by atoms with Crippen LogP contribution in [0.4, 0.5) is 38.5 Å². The van der Waals surface area contributed by atoms with Gasteiger partial charge in [-0.25, -0.2) is 14.0 Å². The largest absolute Gasteiger partial charge is 0.446 e. The molecule has 0 atom stereocenters. The number of nitrogens with two attached hydrogens (primary N) is 1. The normalized spacial score (nSPS) is 11.6. The predicted octanol–water partition coefficient (Wildman–Crippen LogP) is 6.15. The van der Waals surface area contributed by atoms with Gasteiger partial charge in [-0.2, -0.15) is 13.2 Å². The van der Waals surface area contributed by atoms with Crippen molar-refractivity contribution in [3.63, 3.8) is 0 Å². The van der Waals surface area contributed by atoms with Crippen molar-refractivity contribution in [2.24, 2.45) is 5.73 Å². The molecule has 4 N–H and O–H groups in total. The Hall–Kier alpha value is -3.00. The molecule has 2 aromatic carbocycles. The molecule has 0 aliphatic rings. The average molecular weight is 551 g/mol. The number of ether oxygens (including phenoxy) is 2. The lowest BCUT2D eigenvalue weighted by Crippen LogP contribution is -2.37. The molecule has 0 saturated heterocycles. The minimum Gasteiger partial charge on any atom is -0.422 e. The average Bonchev–Trinajstić information content (AvgIpc) is 3.08. The van der Waals surface area contributed by atoms with Crippen molar-refractivity contribution in [1.82, 2.24) is 4.57 Å². The minimum absolute atomic E-state index is 0. The highest BCUT2D eigenvalue weighted by Crippen LogP contribution is 2.37. The number of amides is 2. The van der Waals surface area contributed by atoms with Crippen LogP contribution in [0.2, 0.25) is 0 Å². The van der Waals surface area contributed by atoms with Crippen molar-refractivity contribution < 1.29 is 36.6 Å². The van der Waals surface area contributed by atoms with Crippen molar-refractivity contribution in [2.75, 3.05) is 24.0 Å². The number of rotatable bonds is 7. The number of nitrogens with one attached hydrogen (secondary N) is 2.